The van der Waals surface area contributed by atoms with Gasteiger partial charge < -0.3 is 0 Å². The standard InChI is InChI=1S/C13H13FN4O2S2/c1-7-4-5-10(14)6-11(7)17-22(19,20)12-8(2)15-13-18(12)16-9(3)21-13/h4-6,17H,1-3H3. The van der Waals surface area contributed by atoms with Crippen LogP contribution in [0.1, 0.15) is 16.3 Å². The number of hydrogen-bond acceptors (Lipinski definition) is 5. The maximum atomic E-state index is 13.3. The molecule has 0 spiro atoms. The summed E-state index contributed by atoms with van der Waals surface area (Å²) in [6.45, 7) is 5.07. The Labute approximate surface area is 130 Å². The summed E-state index contributed by atoms with van der Waals surface area (Å²) >= 11 is 1.30. The lowest BCUT2D eigenvalue weighted by Gasteiger charge is -2.10. The Morgan fingerprint density at radius 1 is 1.27 bits per heavy atom. The minimum Gasteiger partial charge on any atom is -0.278 e. The quantitative estimate of drug-likeness (QED) is 0.795. The third-order valence-corrected chi connectivity index (χ3v) is 5.41. The zero-order chi connectivity index (χ0) is 16.1. The summed E-state index contributed by atoms with van der Waals surface area (Å²) in [5.74, 6) is -0.511. The molecule has 2 heterocycles. The average Bonchev–Trinajstić information content (AvgIpc) is 2.87. The number of aromatic nitrogens is 3. The van der Waals surface area contributed by atoms with Crippen LogP contribution in [-0.2, 0) is 10.0 Å². The van der Waals surface area contributed by atoms with Gasteiger partial charge in [-0.05, 0) is 38.5 Å². The molecular weight excluding hydrogens is 327 g/mol. The summed E-state index contributed by atoms with van der Waals surface area (Å²) in [4.78, 5) is 4.71. The van der Waals surface area contributed by atoms with Crippen LogP contribution in [0.5, 0.6) is 0 Å². The van der Waals surface area contributed by atoms with Crippen molar-refractivity contribution in [3.8, 4) is 0 Å². The van der Waals surface area contributed by atoms with Crippen LogP contribution in [0.25, 0.3) is 4.96 Å². The van der Waals surface area contributed by atoms with Gasteiger partial charge in [0.25, 0.3) is 10.0 Å². The molecule has 2 aromatic heterocycles. The van der Waals surface area contributed by atoms with E-state index in [1.807, 2.05) is 0 Å². The number of benzene rings is 1. The van der Waals surface area contributed by atoms with Gasteiger partial charge in [-0.1, -0.05) is 17.4 Å². The van der Waals surface area contributed by atoms with Crippen LogP contribution in [0.15, 0.2) is 23.2 Å². The van der Waals surface area contributed by atoms with Crippen molar-refractivity contribution in [2.75, 3.05) is 4.72 Å². The molecule has 0 aliphatic heterocycles. The van der Waals surface area contributed by atoms with Crippen LogP contribution in [0.3, 0.4) is 0 Å². The smallest absolute Gasteiger partial charge is 0.278 e. The van der Waals surface area contributed by atoms with E-state index in [0.717, 1.165) is 6.07 Å². The van der Waals surface area contributed by atoms with Gasteiger partial charge in [-0.15, -0.1) is 0 Å². The summed E-state index contributed by atoms with van der Waals surface area (Å²) in [5.41, 5.74) is 1.17. The molecule has 0 atom stereocenters. The zero-order valence-electron chi connectivity index (χ0n) is 12.1. The topological polar surface area (TPSA) is 76.4 Å². The Morgan fingerprint density at radius 3 is 2.73 bits per heavy atom. The molecule has 0 aliphatic carbocycles. The second-order valence-corrected chi connectivity index (χ2v) is 7.64. The first-order chi connectivity index (χ1) is 10.3. The van der Waals surface area contributed by atoms with Crippen molar-refractivity contribution >= 4 is 32.0 Å². The van der Waals surface area contributed by atoms with Gasteiger partial charge in [0, 0.05) is 0 Å². The molecule has 0 saturated heterocycles. The molecule has 0 saturated carbocycles. The minimum absolute atomic E-state index is 0.0319. The lowest BCUT2D eigenvalue weighted by atomic mass is 10.2. The van der Waals surface area contributed by atoms with Gasteiger partial charge in [-0.3, -0.25) is 4.72 Å². The van der Waals surface area contributed by atoms with Gasteiger partial charge in [-0.25, -0.2) is 9.37 Å². The lowest BCUT2D eigenvalue weighted by Crippen LogP contribution is -2.17. The molecule has 0 aliphatic rings. The van der Waals surface area contributed by atoms with E-state index >= 15 is 0 Å². The van der Waals surface area contributed by atoms with Crippen LogP contribution in [0.2, 0.25) is 0 Å². The molecule has 1 aromatic carbocycles. The lowest BCUT2D eigenvalue weighted by molar-refractivity contribution is 0.592. The Kier molecular flexibility index (Phi) is 3.41. The normalized spacial score (nSPS) is 12.0. The van der Waals surface area contributed by atoms with Gasteiger partial charge in [0.2, 0.25) is 9.99 Å². The predicted molar refractivity (Wildman–Crippen MR) is 82.3 cm³/mol. The van der Waals surface area contributed by atoms with Crippen LogP contribution in [0, 0.1) is 26.6 Å². The van der Waals surface area contributed by atoms with Crippen molar-refractivity contribution in [3.05, 3.63) is 40.3 Å². The predicted octanol–water partition coefficient (Wildman–Crippen LogP) is 2.66. The van der Waals surface area contributed by atoms with Crippen LogP contribution < -0.4 is 4.72 Å². The maximum absolute atomic E-state index is 13.3. The molecule has 116 valence electrons. The Bertz CT molecular complexity index is 976. The highest BCUT2D eigenvalue weighted by molar-refractivity contribution is 7.92. The Hall–Kier alpha value is -2.00. The fourth-order valence-corrected chi connectivity index (χ4v) is 4.37. The van der Waals surface area contributed by atoms with E-state index in [1.54, 1.807) is 20.8 Å². The molecule has 22 heavy (non-hydrogen) atoms. The molecule has 1 N–H and O–H groups in total. The van der Waals surface area contributed by atoms with E-state index in [9.17, 15) is 12.8 Å². The fourth-order valence-electron chi connectivity index (χ4n) is 2.13. The summed E-state index contributed by atoms with van der Waals surface area (Å²) < 4.78 is 42.3. The molecule has 0 fully saturated rings. The number of nitrogens with zero attached hydrogens (tertiary/aromatic N) is 3. The monoisotopic (exact) mass is 340 g/mol. The summed E-state index contributed by atoms with van der Waals surface area (Å²) in [7, 11) is -3.93. The number of rotatable bonds is 3. The van der Waals surface area contributed by atoms with Crippen molar-refractivity contribution in [1.29, 1.82) is 0 Å². The second kappa shape index (κ2) is 5.03. The van der Waals surface area contributed by atoms with Crippen molar-refractivity contribution < 1.29 is 12.8 Å². The highest BCUT2D eigenvalue weighted by atomic mass is 32.2. The second-order valence-electron chi connectivity index (χ2n) is 4.88. The first kappa shape index (κ1) is 14.9. The van der Waals surface area contributed by atoms with Crippen molar-refractivity contribution in [2.45, 2.75) is 25.8 Å². The summed E-state index contributed by atoms with van der Waals surface area (Å²) in [6, 6.07) is 3.94. The van der Waals surface area contributed by atoms with Crippen molar-refractivity contribution in [1.82, 2.24) is 14.6 Å². The van der Waals surface area contributed by atoms with E-state index in [2.05, 4.69) is 14.8 Å². The van der Waals surface area contributed by atoms with Gasteiger partial charge in [0.05, 0.1) is 11.4 Å². The van der Waals surface area contributed by atoms with E-state index in [4.69, 9.17) is 0 Å². The number of fused-ring (bicyclic) bond motifs is 1. The van der Waals surface area contributed by atoms with Gasteiger partial charge in [-0.2, -0.15) is 18.0 Å². The number of sulfonamides is 1. The highest BCUT2D eigenvalue weighted by Gasteiger charge is 2.26. The van der Waals surface area contributed by atoms with Crippen molar-refractivity contribution in [2.24, 2.45) is 0 Å². The Balaban J connectivity index is 2.12. The van der Waals surface area contributed by atoms with Crippen LogP contribution in [0.4, 0.5) is 10.1 Å². The van der Waals surface area contributed by atoms with Gasteiger partial charge >= 0.3 is 0 Å². The number of imidazole rings is 1. The number of anilines is 1. The first-order valence-corrected chi connectivity index (χ1v) is 8.69. The minimum atomic E-state index is -3.93. The number of aryl methyl sites for hydroxylation is 3. The van der Waals surface area contributed by atoms with Crippen LogP contribution in [-0.4, -0.2) is 23.0 Å². The Morgan fingerprint density at radius 2 is 2.00 bits per heavy atom. The van der Waals surface area contributed by atoms with Crippen molar-refractivity contribution in [3.63, 3.8) is 0 Å². The van der Waals surface area contributed by atoms with E-state index < -0.39 is 15.8 Å². The summed E-state index contributed by atoms with van der Waals surface area (Å²) in [5, 5.41) is 4.84. The van der Waals surface area contributed by atoms with E-state index in [-0.39, 0.29) is 10.7 Å². The molecular formula is C13H13FN4O2S2. The third kappa shape index (κ3) is 2.46. The molecule has 0 unspecified atom stereocenters. The molecule has 3 rings (SSSR count). The van der Waals surface area contributed by atoms with E-state index in [0.29, 0.717) is 21.2 Å². The number of nitrogens with one attached hydrogen (secondary N) is 1. The molecule has 0 radical (unpaired) electrons. The van der Waals surface area contributed by atoms with E-state index in [1.165, 1.54) is 28.0 Å². The van der Waals surface area contributed by atoms with Gasteiger partial charge in [0.15, 0.2) is 0 Å². The highest BCUT2D eigenvalue weighted by Crippen LogP contribution is 2.25. The fraction of sp³-hybridized carbons (Fsp3) is 0.231. The average molecular weight is 340 g/mol. The molecule has 9 heteroatoms. The molecule has 3 aromatic rings. The maximum Gasteiger partial charge on any atom is 0.281 e. The first-order valence-electron chi connectivity index (χ1n) is 6.39. The van der Waals surface area contributed by atoms with Gasteiger partial charge in [0.1, 0.15) is 10.8 Å². The SMILES string of the molecule is Cc1nn2c(S(=O)(=O)Nc3cc(F)ccc3C)c(C)nc2s1. The zero-order valence-corrected chi connectivity index (χ0v) is 13.7. The molecule has 0 bridgehead atoms. The largest absolute Gasteiger partial charge is 0.281 e. The molecule has 0 amide bonds. The molecule has 6 nitrogen and oxygen atoms in total. The number of hydrogen-bond donors (Lipinski definition) is 1. The third-order valence-electron chi connectivity index (χ3n) is 3.12. The van der Waals surface area contributed by atoms with Crippen LogP contribution >= 0.6 is 11.3 Å². The summed E-state index contributed by atoms with van der Waals surface area (Å²) in [6.07, 6.45) is 0. The number of halogens is 1.